The van der Waals surface area contributed by atoms with Crippen LogP contribution in [0.15, 0.2) is 18.2 Å². The van der Waals surface area contributed by atoms with Crippen LogP contribution in [0.3, 0.4) is 0 Å². The first-order valence-electron chi connectivity index (χ1n) is 5.47. The summed E-state index contributed by atoms with van der Waals surface area (Å²) < 4.78 is 13.1. The molecule has 1 N–H and O–H groups in total. The molecule has 1 aromatic rings. The molecule has 0 aromatic heterocycles. The highest BCUT2D eigenvalue weighted by Gasteiger charge is 2.11. The third-order valence-electron chi connectivity index (χ3n) is 2.30. The molecule has 0 heterocycles. The summed E-state index contributed by atoms with van der Waals surface area (Å²) in [7, 11) is 0. The van der Waals surface area contributed by atoms with Gasteiger partial charge in [0.05, 0.1) is 11.0 Å². The summed E-state index contributed by atoms with van der Waals surface area (Å²) >= 11 is 0. The maximum Gasteiger partial charge on any atom is 0.274 e. The normalized spacial score (nSPS) is 11.3. The second-order valence-electron chi connectivity index (χ2n) is 5.19. The number of hydrogen-bond acceptors (Lipinski definition) is 3. The van der Waals surface area contributed by atoms with E-state index in [0.717, 1.165) is 12.5 Å². The fourth-order valence-electron chi connectivity index (χ4n) is 1.36. The molecule has 17 heavy (non-hydrogen) atoms. The molecule has 0 radical (unpaired) electrons. The molecule has 5 heteroatoms. The third kappa shape index (κ3) is 4.80. The summed E-state index contributed by atoms with van der Waals surface area (Å²) in [6, 6.07) is 3.51. The van der Waals surface area contributed by atoms with Gasteiger partial charge in [-0.3, -0.25) is 10.1 Å². The molecular weight excluding hydrogens is 223 g/mol. The predicted molar refractivity (Wildman–Crippen MR) is 65.6 cm³/mol. The van der Waals surface area contributed by atoms with Crippen LogP contribution in [-0.2, 0) is 0 Å². The first-order chi connectivity index (χ1) is 7.78. The largest absolute Gasteiger partial charge is 0.385 e. The predicted octanol–water partition coefficient (Wildman–Crippen LogP) is 3.58. The fourth-order valence-corrected chi connectivity index (χ4v) is 1.36. The molecule has 0 spiro atoms. The van der Waals surface area contributed by atoms with Crippen LogP contribution >= 0.6 is 0 Å². The van der Waals surface area contributed by atoms with E-state index in [9.17, 15) is 14.5 Å². The lowest BCUT2D eigenvalue weighted by molar-refractivity contribution is -0.385. The van der Waals surface area contributed by atoms with Crippen molar-refractivity contribution in [2.24, 2.45) is 5.41 Å². The highest BCUT2D eigenvalue weighted by atomic mass is 19.1. The van der Waals surface area contributed by atoms with Crippen molar-refractivity contribution in [2.75, 3.05) is 11.9 Å². The van der Waals surface area contributed by atoms with Crippen LogP contribution in [0.2, 0.25) is 0 Å². The molecule has 4 nitrogen and oxygen atoms in total. The lowest BCUT2D eigenvalue weighted by Crippen LogP contribution is -2.13. The Labute approximate surface area is 100.0 Å². The smallest absolute Gasteiger partial charge is 0.274 e. The molecule has 0 atom stereocenters. The van der Waals surface area contributed by atoms with Gasteiger partial charge in [0.2, 0.25) is 0 Å². The van der Waals surface area contributed by atoms with E-state index in [2.05, 4.69) is 26.1 Å². The van der Waals surface area contributed by atoms with Crippen LogP contribution in [0, 0.1) is 21.3 Å². The quantitative estimate of drug-likeness (QED) is 0.646. The minimum Gasteiger partial charge on any atom is -0.385 e. The highest BCUT2D eigenvalue weighted by Crippen LogP contribution is 2.22. The lowest BCUT2D eigenvalue weighted by Gasteiger charge is -2.18. The number of benzene rings is 1. The van der Waals surface area contributed by atoms with Crippen molar-refractivity contribution in [3.05, 3.63) is 34.1 Å². The van der Waals surface area contributed by atoms with Crippen molar-refractivity contribution in [1.29, 1.82) is 0 Å². The molecule has 0 aliphatic carbocycles. The van der Waals surface area contributed by atoms with Crippen LogP contribution in [0.4, 0.5) is 15.8 Å². The Bertz CT molecular complexity index is 413. The molecule has 0 bridgehead atoms. The number of halogens is 1. The maximum absolute atomic E-state index is 13.1. The number of nitrogens with zero attached hydrogens (tertiary/aromatic N) is 1. The highest BCUT2D eigenvalue weighted by molar-refractivity contribution is 5.51. The summed E-state index contributed by atoms with van der Waals surface area (Å²) in [5, 5.41) is 13.5. The molecule has 0 amide bonds. The Balaban J connectivity index is 2.68. The fraction of sp³-hybridized carbons (Fsp3) is 0.500. The van der Waals surface area contributed by atoms with Gasteiger partial charge in [-0.05, 0) is 17.9 Å². The molecular formula is C12H17FN2O2. The van der Waals surface area contributed by atoms with Crippen LogP contribution in [0.5, 0.6) is 0 Å². The van der Waals surface area contributed by atoms with Crippen molar-refractivity contribution in [3.8, 4) is 0 Å². The minimum atomic E-state index is -0.600. The Kier molecular flexibility index (Phi) is 4.04. The Morgan fingerprint density at radius 3 is 2.53 bits per heavy atom. The average Bonchev–Trinajstić information content (AvgIpc) is 2.14. The van der Waals surface area contributed by atoms with Crippen molar-refractivity contribution in [2.45, 2.75) is 27.2 Å². The van der Waals surface area contributed by atoms with E-state index in [1.54, 1.807) is 0 Å². The van der Waals surface area contributed by atoms with E-state index in [1.165, 1.54) is 12.1 Å². The van der Waals surface area contributed by atoms with E-state index < -0.39 is 10.7 Å². The van der Waals surface area contributed by atoms with Gasteiger partial charge >= 0.3 is 0 Å². The Morgan fingerprint density at radius 2 is 2.00 bits per heavy atom. The number of rotatable bonds is 4. The van der Waals surface area contributed by atoms with Crippen molar-refractivity contribution < 1.29 is 9.31 Å². The zero-order valence-electron chi connectivity index (χ0n) is 10.3. The second-order valence-corrected chi connectivity index (χ2v) is 5.19. The summed E-state index contributed by atoms with van der Waals surface area (Å²) in [4.78, 5) is 9.95. The van der Waals surface area contributed by atoms with Crippen molar-refractivity contribution in [1.82, 2.24) is 0 Å². The van der Waals surface area contributed by atoms with Gasteiger partial charge in [0.1, 0.15) is 5.82 Å². The van der Waals surface area contributed by atoms with Crippen LogP contribution in [-0.4, -0.2) is 11.5 Å². The number of anilines is 1. The summed E-state index contributed by atoms with van der Waals surface area (Å²) in [6.45, 7) is 6.96. The summed E-state index contributed by atoms with van der Waals surface area (Å²) in [5.41, 5.74) is 0.385. The first-order valence-corrected chi connectivity index (χ1v) is 5.47. The molecule has 0 aliphatic rings. The molecule has 94 valence electrons. The molecule has 0 unspecified atom stereocenters. The number of nitro groups is 1. The number of hydrogen-bond donors (Lipinski definition) is 1. The third-order valence-corrected chi connectivity index (χ3v) is 2.30. The number of nitro benzene ring substituents is 1. The van der Waals surface area contributed by atoms with Gasteiger partial charge < -0.3 is 5.32 Å². The van der Waals surface area contributed by atoms with Gasteiger partial charge in [-0.25, -0.2) is 4.39 Å². The van der Waals surface area contributed by atoms with Crippen LogP contribution in [0.25, 0.3) is 0 Å². The molecule has 0 saturated carbocycles. The topological polar surface area (TPSA) is 55.2 Å². The molecule has 0 fully saturated rings. The number of nitrogens with one attached hydrogen (secondary N) is 1. The van der Waals surface area contributed by atoms with Gasteiger partial charge in [-0.15, -0.1) is 0 Å². The zero-order chi connectivity index (χ0) is 13.1. The van der Waals surface area contributed by atoms with Crippen molar-refractivity contribution in [3.63, 3.8) is 0 Å². The van der Waals surface area contributed by atoms with E-state index in [1.807, 2.05) is 0 Å². The average molecular weight is 240 g/mol. The molecule has 0 aliphatic heterocycles. The zero-order valence-corrected chi connectivity index (χ0v) is 10.3. The lowest BCUT2D eigenvalue weighted by atomic mass is 9.92. The standard InChI is InChI=1S/C12H17FN2O2/c1-12(2,3)4-5-14-10-6-9(13)7-11(8-10)15(16)17/h6-8,14H,4-5H2,1-3H3. The van der Waals surface area contributed by atoms with E-state index in [4.69, 9.17) is 0 Å². The molecule has 0 saturated heterocycles. The van der Waals surface area contributed by atoms with E-state index in [-0.39, 0.29) is 11.1 Å². The summed E-state index contributed by atoms with van der Waals surface area (Å²) in [5.74, 6) is -0.600. The van der Waals surface area contributed by atoms with E-state index >= 15 is 0 Å². The monoisotopic (exact) mass is 240 g/mol. The van der Waals surface area contributed by atoms with Gasteiger partial charge in [0, 0.05) is 18.3 Å². The molecule has 1 rings (SSSR count). The van der Waals surface area contributed by atoms with E-state index in [0.29, 0.717) is 12.2 Å². The van der Waals surface area contributed by atoms with Gasteiger partial charge in [0.15, 0.2) is 0 Å². The Hall–Kier alpha value is -1.65. The van der Waals surface area contributed by atoms with Gasteiger partial charge in [-0.1, -0.05) is 20.8 Å². The second kappa shape index (κ2) is 5.12. The maximum atomic E-state index is 13.1. The van der Waals surface area contributed by atoms with Gasteiger partial charge in [0.25, 0.3) is 5.69 Å². The van der Waals surface area contributed by atoms with Crippen LogP contribution < -0.4 is 5.32 Å². The summed E-state index contributed by atoms with van der Waals surface area (Å²) in [6.07, 6.45) is 0.900. The SMILES string of the molecule is CC(C)(C)CCNc1cc(F)cc([N+](=O)[O-])c1. The Morgan fingerprint density at radius 1 is 1.35 bits per heavy atom. The number of non-ortho nitro benzene ring substituents is 1. The van der Waals surface area contributed by atoms with Crippen molar-refractivity contribution >= 4 is 11.4 Å². The first kappa shape index (κ1) is 13.4. The van der Waals surface area contributed by atoms with Gasteiger partial charge in [-0.2, -0.15) is 0 Å². The minimum absolute atomic E-state index is 0.173. The molecule has 1 aromatic carbocycles. The van der Waals surface area contributed by atoms with Crippen LogP contribution in [0.1, 0.15) is 27.2 Å².